The lowest BCUT2D eigenvalue weighted by molar-refractivity contribution is 0.0657. The van der Waals surface area contributed by atoms with Crippen LogP contribution in [-0.2, 0) is 0 Å². The Morgan fingerprint density at radius 1 is 1.05 bits per heavy atom. The van der Waals surface area contributed by atoms with Crippen LogP contribution in [-0.4, -0.2) is 63.2 Å². The first kappa shape index (κ1) is 13.7. The van der Waals surface area contributed by atoms with Crippen LogP contribution in [0.5, 0.6) is 11.5 Å². The third kappa shape index (κ3) is 2.81. The van der Waals surface area contributed by atoms with Gasteiger partial charge in [-0.05, 0) is 19.2 Å². The van der Waals surface area contributed by atoms with Gasteiger partial charge < -0.3 is 19.3 Å². The Hall–Kier alpha value is -1.75. The molecule has 0 saturated carbocycles. The van der Waals surface area contributed by atoms with Crippen molar-refractivity contribution in [3.8, 4) is 11.5 Å². The highest BCUT2D eigenvalue weighted by molar-refractivity contribution is 5.99. The molecule has 0 spiro atoms. The monoisotopic (exact) mass is 264 g/mol. The van der Waals surface area contributed by atoms with Gasteiger partial charge in [-0.25, -0.2) is 0 Å². The van der Waals surface area contributed by atoms with Gasteiger partial charge in [0.15, 0.2) is 0 Å². The summed E-state index contributed by atoms with van der Waals surface area (Å²) in [6, 6.07) is 5.38. The number of carbonyl (C=O) groups excluding carboxylic acids is 1. The number of hydrogen-bond donors (Lipinski definition) is 0. The predicted molar refractivity (Wildman–Crippen MR) is 72.9 cm³/mol. The van der Waals surface area contributed by atoms with Crippen molar-refractivity contribution in [2.75, 3.05) is 47.4 Å². The van der Waals surface area contributed by atoms with Crippen LogP contribution in [0, 0.1) is 0 Å². The van der Waals surface area contributed by atoms with E-state index in [0.29, 0.717) is 17.1 Å². The number of hydrogen-bond acceptors (Lipinski definition) is 4. The number of rotatable bonds is 3. The minimum Gasteiger partial charge on any atom is -0.496 e. The van der Waals surface area contributed by atoms with Crippen molar-refractivity contribution in [1.29, 1.82) is 0 Å². The Bertz CT molecular complexity index is 432. The summed E-state index contributed by atoms with van der Waals surface area (Å²) in [6.07, 6.45) is 0. The van der Waals surface area contributed by atoms with Gasteiger partial charge in [-0.1, -0.05) is 6.07 Å². The number of nitrogens with zero attached hydrogens (tertiary/aromatic N) is 2. The zero-order valence-electron chi connectivity index (χ0n) is 11.7. The van der Waals surface area contributed by atoms with Crippen LogP contribution < -0.4 is 9.47 Å². The number of carbonyl (C=O) groups is 1. The highest BCUT2D eigenvalue weighted by Crippen LogP contribution is 2.29. The Kier molecular flexibility index (Phi) is 4.27. The summed E-state index contributed by atoms with van der Waals surface area (Å²) in [5.74, 6) is 1.09. The lowest BCUT2D eigenvalue weighted by Crippen LogP contribution is -2.47. The van der Waals surface area contributed by atoms with Gasteiger partial charge in [0, 0.05) is 26.2 Å². The van der Waals surface area contributed by atoms with Gasteiger partial charge in [-0.3, -0.25) is 4.79 Å². The van der Waals surface area contributed by atoms with Crippen molar-refractivity contribution in [2.45, 2.75) is 0 Å². The van der Waals surface area contributed by atoms with Gasteiger partial charge >= 0.3 is 0 Å². The van der Waals surface area contributed by atoms with Crippen molar-refractivity contribution in [3.05, 3.63) is 23.8 Å². The van der Waals surface area contributed by atoms with E-state index in [-0.39, 0.29) is 5.91 Å². The number of ether oxygens (including phenoxy) is 2. The maximum Gasteiger partial charge on any atom is 0.261 e. The second-order valence-electron chi connectivity index (χ2n) is 4.63. The third-order valence-corrected chi connectivity index (χ3v) is 3.43. The highest BCUT2D eigenvalue weighted by Gasteiger charge is 2.25. The Balaban J connectivity index is 2.27. The molecule has 0 bridgehead atoms. The minimum absolute atomic E-state index is 0.0256. The molecule has 0 aromatic heterocycles. The number of amides is 1. The molecule has 1 aliphatic rings. The molecule has 19 heavy (non-hydrogen) atoms. The molecule has 0 N–H and O–H groups in total. The first-order valence-electron chi connectivity index (χ1n) is 6.36. The summed E-state index contributed by atoms with van der Waals surface area (Å²) in [6.45, 7) is 3.25. The molecule has 2 rings (SSSR count). The number of likely N-dealkylation sites (N-methyl/N-ethyl adjacent to an activating group) is 1. The zero-order valence-corrected chi connectivity index (χ0v) is 11.7. The maximum absolute atomic E-state index is 12.6. The molecule has 0 atom stereocenters. The predicted octanol–water partition coefficient (Wildman–Crippen LogP) is 1.09. The first-order chi connectivity index (χ1) is 9.17. The molecule has 1 aliphatic heterocycles. The van der Waals surface area contributed by atoms with E-state index in [9.17, 15) is 4.79 Å². The lowest BCUT2D eigenvalue weighted by atomic mass is 10.1. The Labute approximate surface area is 113 Å². The van der Waals surface area contributed by atoms with Crippen LogP contribution >= 0.6 is 0 Å². The van der Waals surface area contributed by atoms with E-state index < -0.39 is 0 Å². The SMILES string of the molecule is COc1cccc(OC)c1C(=O)N1CCN(C)CC1. The number of methoxy groups -OCH3 is 2. The molecular weight excluding hydrogens is 244 g/mol. The second kappa shape index (κ2) is 5.93. The number of benzene rings is 1. The standard InChI is InChI=1S/C14H20N2O3/c1-15-7-9-16(10-8-15)14(17)13-11(18-2)5-4-6-12(13)19-3/h4-6H,7-10H2,1-3H3. The van der Waals surface area contributed by atoms with E-state index in [1.54, 1.807) is 26.4 Å². The molecule has 5 heteroatoms. The van der Waals surface area contributed by atoms with Crippen molar-refractivity contribution in [3.63, 3.8) is 0 Å². The van der Waals surface area contributed by atoms with Crippen molar-refractivity contribution in [2.24, 2.45) is 0 Å². The van der Waals surface area contributed by atoms with Crippen molar-refractivity contribution < 1.29 is 14.3 Å². The maximum atomic E-state index is 12.6. The number of piperazine rings is 1. The summed E-state index contributed by atoms with van der Waals surface area (Å²) < 4.78 is 10.6. The van der Waals surface area contributed by atoms with Gasteiger partial charge in [0.25, 0.3) is 5.91 Å². The highest BCUT2D eigenvalue weighted by atomic mass is 16.5. The molecule has 1 saturated heterocycles. The average Bonchev–Trinajstić information content (AvgIpc) is 2.46. The molecule has 1 heterocycles. The fraction of sp³-hybridized carbons (Fsp3) is 0.500. The van der Waals surface area contributed by atoms with E-state index >= 15 is 0 Å². The quantitative estimate of drug-likeness (QED) is 0.819. The summed E-state index contributed by atoms with van der Waals surface area (Å²) in [5.41, 5.74) is 0.511. The summed E-state index contributed by atoms with van der Waals surface area (Å²) in [7, 11) is 5.19. The Morgan fingerprint density at radius 2 is 1.58 bits per heavy atom. The van der Waals surface area contributed by atoms with Crippen LogP contribution in [0.1, 0.15) is 10.4 Å². The third-order valence-electron chi connectivity index (χ3n) is 3.43. The zero-order chi connectivity index (χ0) is 13.8. The molecule has 0 unspecified atom stereocenters. The normalized spacial score (nSPS) is 16.3. The second-order valence-corrected chi connectivity index (χ2v) is 4.63. The topological polar surface area (TPSA) is 42.0 Å². The van der Waals surface area contributed by atoms with E-state index in [2.05, 4.69) is 11.9 Å². The lowest BCUT2D eigenvalue weighted by Gasteiger charge is -2.33. The van der Waals surface area contributed by atoms with Crippen LogP contribution in [0.25, 0.3) is 0 Å². The van der Waals surface area contributed by atoms with Crippen molar-refractivity contribution >= 4 is 5.91 Å². The smallest absolute Gasteiger partial charge is 0.261 e. The van der Waals surface area contributed by atoms with Gasteiger partial charge in [0.1, 0.15) is 17.1 Å². The minimum atomic E-state index is -0.0256. The fourth-order valence-electron chi connectivity index (χ4n) is 2.23. The van der Waals surface area contributed by atoms with Crippen molar-refractivity contribution in [1.82, 2.24) is 9.80 Å². The van der Waals surface area contributed by atoms with E-state index in [1.807, 2.05) is 11.0 Å². The van der Waals surface area contributed by atoms with Crippen LogP contribution in [0.3, 0.4) is 0 Å². The van der Waals surface area contributed by atoms with Gasteiger partial charge in [-0.2, -0.15) is 0 Å². The first-order valence-corrected chi connectivity index (χ1v) is 6.36. The van der Waals surface area contributed by atoms with Crippen LogP contribution in [0.4, 0.5) is 0 Å². The molecular formula is C14H20N2O3. The van der Waals surface area contributed by atoms with Crippen LogP contribution in [0.15, 0.2) is 18.2 Å². The molecule has 1 aromatic rings. The Morgan fingerprint density at radius 3 is 2.05 bits per heavy atom. The molecule has 1 fully saturated rings. The summed E-state index contributed by atoms with van der Waals surface area (Å²) in [4.78, 5) is 16.7. The van der Waals surface area contributed by atoms with Gasteiger partial charge in [0.05, 0.1) is 14.2 Å². The van der Waals surface area contributed by atoms with Crippen LogP contribution in [0.2, 0.25) is 0 Å². The van der Waals surface area contributed by atoms with Gasteiger partial charge in [0.2, 0.25) is 0 Å². The summed E-state index contributed by atoms with van der Waals surface area (Å²) >= 11 is 0. The molecule has 104 valence electrons. The molecule has 5 nitrogen and oxygen atoms in total. The fourth-order valence-corrected chi connectivity index (χ4v) is 2.23. The van der Waals surface area contributed by atoms with E-state index in [4.69, 9.17) is 9.47 Å². The van der Waals surface area contributed by atoms with E-state index in [0.717, 1.165) is 26.2 Å². The summed E-state index contributed by atoms with van der Waals surface area (Å²) in [5, 5.41) is 0. The van der Waals surface area contributed by atoms with E-state index in [1.165, 1.54) is 0 Å². The largest absolute Gasteiger partial charge is 0.496 e. The molecule has 1 amide bonds. The average molecular weight is 264 g/mol. The van der Waals surface area contributed by atoms with Gasteiger partial charge in [-0.15, -0.1) is 0 Å². The molecule has 1 aromatic carbocycles. The molecule has 0 aliphatic carbocycles. The molecule has 0 radical (unpaired) electrons.